The van der Waals surface area contributed by atoms with Crippen molar-refractivity contribution in [3.05, 3.63) is 18.0 Å². The van der Waals surface area contributed by atoms with Gasteiger partial charge in [-0.3, -0.25) is 0 Å². The summed E-state index contributed by atoms with van der Waals surface area (Å²) in [6.07, 6.45) is 3.30. The zero-order chi connectivity index (χ0) is 5.54. The highest BCUT2D eigenvalue weighted by Crippen LogP contribution is 1.96. The molecule has 39 valence electrons. The van der Waals surface area contributed by atoms with Crippen LogP contribution in [0.4, 0.5) is 0 Å². The molecule has 0 heterocycles. The van der Waals surface area contributed by atoms with Crippen molar-refractivity contribution >= 4 is 0 Å². The SMILES string of the molecule is [C-]#[N+][CH]CCCC. The van der Waals surface area contributed by atoms with Gasteiger partial charge in [0.25, 0.3) is 6.54 Å². The van der Waals surface area contributed by atoms with Gasteiger partial charge in [-0.25, -0.2) is 6.57 Å². The molecule has 0 amide bonds. The van der Waals surface area contributed by atoms with Crippen LogP contribution in [-0.2, 0) is 0 Å². The van der Waals surface area contributed by atoms with Gasteiger partial charge in [0.1, 0.15) is 0 Å². The Morgan fingerprint density at radius 1 is 1.71 bits per heavy atom. The molecule has 7 heavy (non-hydrogen) atoms. The van der Waals surface area contributed by atoms with Crippen LogP contribution >= 0.6 is 0 Å². The lowest BCUT2D eigenvalue weighted by Gasteiger charge is -1.81. The lowest BCUT2D eigenvalue weighted by atomic mass is 10.3. The molecule has 0 spiro atoms. The van der Waals surface area contributed by atoms with Crippen LogP contribution in [0.5, 0.6) is 0 Å². The van der Waals surface area contributed by atoms with Gasteiger partial charge in [-0.2, -0.15) is 0 Å². The van der Waals surface area contributed by atoms with Gasteiger partial charge in [-0.1, -0.05) is 13.3 Å². The van der Waals surface area contributed by atoms with E-state index in [-0.39, 0.29) is 0 Å². The van der Waals surface area contributed by atoms with Crippen LogP contribution in [0.15, 0.2) is 0 Å². The number of hydrogen-bond acceptors (Lipinski definition) is 0. The lowest BCUT2D eigenvalue weighted by Crippen LogP contribution is -1.67. The van der Waals surface area contributed by atoms with Crippen molar-refractivity contribution in [3.63, 3.8) is 0 Å². The minimum absolute atomic E-state index is 0.958. The second kappa shape index (κ2) is 5.49. The molecule has 1 nitrogen and oxygen atoms in total. The first-order valence-electron chi connectivity index (χ1n) is 2.60. The fraction of sp³-hybridized carbons (Fsp3) is 0.667. The Hall–Kier alpha value is -0.510. The zero-order valence-electron chi connectivity index (χ0n) is 4.65. The first-order valence-corrected chi connectivity index (χ1v) is 2.60. The summed E-state index contributed by atoms with van der Waals surface area (Å²) in [5.74, 6) is 0. The van der Waals surface area contributed by atoms with Crippen LogP contribution in [0.2, 0.25) is 0 Å². The molecule has 1 radical (unpaired) electrons. The third-order valence-corrected chi connectivity index (χ3v) is 0.778. The molecule has 0 saturated heterocycles. The third kappa shape index (κ3) is 5.49. The smallest absolute Gasteiger partial charge is 0.296 e. The van der Waals surface area contributed by atoms with Crippen molar-refractivity contribution in [3.8, 4) is 0 Å². The first kappa shape index (κ1) is 6.49. The Morgan fingerprint density at radius 2 is 2.43 bits per heavy atom. The Balaban J connectivity index is 2.60. The van der Waals surface area contributed by atoms with E-state index >= 15 is 0 Å². The molecule has 0 N–H and O–H groups in total. The molecule has 0 aromatic carbocycles. The highest BCUT2D eigenvalue weighted by molar-refractivity contribution is 4.73. The minimum atomic E-state index is 0.958. The van der Waals surface area contributed by atoms with Crippen LogP contribution < -0.4 is 0 Å². The molecule has 0 saturated carbocycles. The second-order valence-corrected chi connectivity index (χ2v) is 1.45. The number of hydrogen-bond donors (Lipinski definition) is 0. The summed E-state index contributed by atoms with van der Waals surface area (Å²) in [4.78, 5) is 3.10. The van der Waals surface area contributed by atoms with E-state index in [4.69, 9.17) is 6.57 Å². The first-order chi connectivity index (χ1) is 3.41. The molecule has 0 fully saturated rings. The van der Waals surface area contributed by atoms with E-state index in [0.29, 0.717) is 0 Å². The highest BCUT2D eigenvalue weighted by atomic mass is 14.6. The monoisotopic (exact) mass is 96.1 g/mol. The molecular weight excluding hydrogens is 86.1 g/mol. The second-order valence-electron chi connectivity index (χ2n) is 1.45. The van der Waals surface area contributed by atoms with Crippen molar-refractivity contribution in [1.82, 2.24) is 0 Å². The van der Waals surface area contributed by atoms with Gasteiger partial charge in [-0.05, 0) is 6.42 Å². The predicted octanol–water partition coefficient (Wildman–Crippen LogP) is 2.26. The van der Waals surface area contributed by atoms with Crippen LogP contribution in [0.3, 0.4) is 0 Å². The maximum atomic E-state index is 6.35. The summed E-state index contributed by atoms with van der Waals surface area (Å²) in [5, 5.41) is 0. The van der Waals surface area contributed by atoms with Crippen LogP contribution in [0.25, 0.3) is 4.85 Å². The minimum Gasteiger partial charge on any atom is -0.305 e. The molecule has 0 atom stereocenters. The maximum absolute atomic E-state index is 6.35. The van der Waals surface area contributed by atoms with E-state index in [1.807, 2.05) is 0 Å². The highest BCUT2D eigenvalue weighted by Gasteiger charge is 1.85. The van der Waals surface area contributed by atoms with Gasteiger partial charge in [0.15, 0.2) is 0 Å². The van der Waals surface area contributed by atoms with E-state index in [2.05, 4.69) is 11.8 Å². The molecule has 0 aliphatic carbocycles. The molecule has 0 aliphatic heterocycles. The average molecular weight is 96.2 g/mol. The van der Waals surface area contributed by atoms with Crippen LogP contribution in [-0.4, -0.2) is 0 Å². The summed E-state index contributed by atoms with van der Waals surface area (Å²) >= 11 is 0. The van der Waals surface area contributed by atoms with E-state index in [9.17, 15) is 0 Å². The van der Waals surface area contributed by atoms with Crippen molar-refractivity contribution in [2.75, 3.05) is 0 Å². The van der Waals surface area contributed by atoms with Gasteiger partial charge in [0.2, 0.25) is 0 Å². The topological polar surface area (TPSA) is 4.36 Å². The predicted molar refractivity (Wildman–Crippen MR) is 30.4 cm³/mol. The van der Waals surface area contributed by atoms with Crippen LogP contribution in [0.1, 0.15) is 26.2 Å². The summed E-state index contributed by atoms with van der Waals surface area (Å²) < 4.78 is 0. The van der Waals surface area contributed by atoms with E-state index < -0.39 is 0 Å². The van der Waals surface area contributed by atoms with E-state index in [0.717, 1.165) is 12.8 Å². The normalized spacial score (nSPS) is 8.00. The van der Waals surface area contributed by atoms with Crippen molar-refractivity contribution in [2.24, 2.45) is 0 Å². The van der Waals surface area contributed by atoms with Crippen LogP contribution in [0, 0.1) is 13.1 Å². The number of rotatable bonds is 3. The standard InChI is InChI=1S/C6H10N/c1-3-4-5-6-7-2/h6H,3-5H2,1H3. The quantitative estimate of drug-likeness (QED) is 0.375. The Labute approximate surface area is 45.2 Å². The average Bonchev–Trinajstić information content (AvgIpc) is 1.69. The number of unbranched alkanes of at least 4 members (excludes halogenated alkanes) is 2. The Kier molecular flexibility index (Phi) is 5.09. The van der Waals surface area contributed by atoms with E-state index in [1.54, 1.807) is 6.54 Å². The van der Waals surface area contributed by atoms with Gasteiger partial charge < -0.3 is 4.85 Å². The van der Waals surface area contributed by atoms with Crippen molar-refractivity contribution in [2.45, 2.75) is 26.2 Å². The molecule has 0 aromatic rings. The molecule has 0 unspecified atom stereocenters. The molecule has 0 rings (SSSR count). The van der Waals surface area contributed by atoms with E-state index in [1.165, 1.54) is 6.42 Å². The van der Waals surface area contributed by atoms with Crippen molar-refractivity contribution < 1.29 is 0 Å². The summed E-state index contributed by atoms with van der Waals surface area (Å²) in [5.41, 5.74) is 0. The fourth-order valence-electron chi connectivity index (χ4n) is 0.360. The third-order valence-electron chi connectivity index (χ3n) is 0.778. The molecule has 0 aliphatic rings. The molecule has 0 bridgehead atoms. The summed E-state index contributed by atoms with van der Waals surface area (Å²) in [6.45, 7) is 10.1. The summed E-state index contributed by atoms with van der Waals surface area (Å²) in [6, 6.07) is 0. The van der Waals surface area contributed by atoms with Gasteiger partial charge in [-0.15, -0.1) is 0 Å². The Bertz CT molecular complexity index is 61.1. The lowest BCUT2D eigenvalue weighted by molar-refractivity contribution is 0.794. The molecule has 0 aromatic heterocycles. The number of nitrogens with zero attached hydrogens (tertiary/aromatic N) is 1. The van der Waals surface area contributed by atoms with Gasteiger partial charge in [0, 0.05) is 6.42 Å². The maximum Gasteiger partial charge on any atom is 0.296 e. The van der Waals surface area contributed by atoms with Gasteiger partial charge >= 0.3 is 0 Å². The summed E-state index contributed by atoms with van der Waals surface area (Å²) in [7, 11) is 0. The zero-order valence-corrected chi connectivity index (χ0v) is 4.65. The fourth-order valence-corrected chi connectivity index (χ4v) is 0.360. The van der Waals surface area contributed by atoms with Crippen molar-refractivity contribution in [1.29, 1.82) is 0 Å². The Morgan fingerprint density at radius 3 is 2.86 bits per heavy atom. The van der Waals surface area contributed by atoms with Gasteiger partial charge in [0.05, 0.1) is 0 Å². The molecule has 1 heteroatoms. The largest absolute Gasteiger partial charge is 0.305 e. The molecular formula is C6H10N.